The van der Waals surface area contributed by atoms with Crippen LogP contribution in [0.4, 0.5) is 0 Å². The second-order valence-corrected chi connectivity index (χ2v) is 1.41. The van der Waals surface area contributed by atoms with E-state index in [-0.39, 0.29) is 86.9 Å². The van der Waals surface area contributed by atoms with Gasteiger partial charge in [-0.15, -0.1) is 0 Å². The molecule has 4 nitrogen and oxygen atoms in total. The van der Waals surface area contributed by atoms with E-state index in [1.165, 1.54) is 0 Å². The van der Waals surface area contributed by atoms with Crippen LogP contribution in [-0.4, -0.2) is 26.2 Å². The summed E-state index contributed by atoms with van der Waals surface area (Å²) in [6, 6.07) is 0. The van der Waals surface area contributed by atoms with Gasteiger partial charge in [0.15, 0.2) is 0 Å². The van der Waals surface area contributed by atoms with Crippen molar-refractivity contribution >= 4 is 0 Å². The normalized spacial score (nSPS) is 4.50. The SMILES string of the molecule is CC[NH-].CC[NH-].CC[NH-].CC[NH-].[Ti].[Ti].[Ti].[Ti]. The minimum Gasteiger partial charge on any atom is -0.678 e. The summed E-state index contributed by atoms with van der Waals surface area (Å²) in [6.45, 7) is 9.17. The van der Waals surface area contributed by atoms with Crippen LogP contribution in [0.1, 0.15) is 27.7 Å². The largest absolute Gasteiger partial charge is 0.678 e. The van der Waals surface area contributed by atoms with Crippen LogP contribution in [-0.2, 0) is 86.9 Å². The molecule has 0 aromatic carbocycles. The average Bonchev–Trinajstić information content (AvgIpc) is 1.92. The second kappa shape index (κ2) is 110. The third-order valence-corrected chi connectivity index (χ3v) is 0. The van der Waals surface area contributed by atoms with E-state index in [1.807, 2.05) is 0 Å². The van der Waals surface area contributed by atoms with E-state index in [1.54, 1.807) is 27.7 Å². The molecule has 0 aliphatic carbocycles. The van der Waals surface area contributed by atoms with E-state index in [2.05, 4.69) is 0 Å². The Kier molecular flexibility index (Phi) is 352. The third-order valence-electron chi connectivity index (χ3n) is 0. The molecule has 0 rings (SSSR count). The molecule has 0 aromatic rings. The molecule has 0 aromatic heterocycles. The molecule has 0 atom stereocenters. The van der Waals surface area contributed by atoms with Gasteiger partial charge >= 0.3 is 0 Å². The molecule has 0 heterocycles. The fourth-order valence-electron chi connectivity index (χ4n) is 0. The molecule has 0 saturated heterocycles. The predicted molar refractivity (Wildman–Crippen MR) is 59.5 cm³/mol. The molecular formula is C8H24N4Ti4-4. The molecule has 4 N–H and O–H groups in total. The van der Waals surface area contributed by atoms with Gasteiger partial charge in [-0.3, -0.25) is 0 Å². The van der Waals surface area contributed by atoms with Gasteiger partial charge in [0.1, 0.15) is 0 Å². The zero-order valence-corrected chi connectivity index (χ0v) is 17.1. The molecule has 0 aliphatic heterocycles. The summed E-state index contributed by atoms with van der Waals surface area (Å²) in [5.41, 5.74) is 24.8. The van der Waals surface area contributed by atoms with E-state index >= 15 is 0 Å². The molecular weight excluding hydrogens is 344 g/mol. The Bertz CT molecular complexity index is 32.0. The minimum absolute atomic E-state index is 0. The van der Waals surface area contributed by atoms with Crippen LogP contribution in [0.15, 0.2) is 0 Å². The fraction of sp³-hybridized carbons (Fsp3) is 1.00. The second-order valence-electron chi connectivity index (χ2n) is 1.41. The maximum absolute atomic E-state index is 6.21. The summed E-state index contributed by atoms with van der Waals surface area (Å²) in [5, 5.41) is 0. The number of nitrogens with one attached hydrogen (secondary N) is 4. The van der Waals surface area contributed by atoms with Gasteiger partial charge in [0.2, 0.25) is 0 Å². The van der Waals surface area contributed by atoms with E-state index in [0.717, 1.165) is 0 Å². The standard InChI is InChI=1S/4C2H6N.4Ti/c4*1-2-3;;;;/h4*3H,2H2,1H3;;;;/q4*-1;;;;. The van der Waals surface area contributed by atoms with Crippen LogP contribution < -0.4 is 0 Å². The molecule has 0 spiro atoms. The van der Waals surface area contributed by atoms with Gasteiger partial charge in [-0.1, -0.05) is 27.7 Å². The Balaban J connectivity index is -0.00000000821. The molecule has 0 saturated carbocycles. The van der Waals surface area contributed by atoms with Crippen molar-refractivity contribution in [3.8, 4) is 0 Å². The Morgan fingerprint density at radius 1 is 0.438 bits per heavy atom. The van der Waals surface area contributed by atoms with Gasteiger partial charge in [0.25, 0.3) is 0 Å². The van der Waals surface area contributed by atoms with Crippen molar-refractivity contribution in [1.29, 1.82) is 0 Å². The maximum atomic E-state index is 6.21. The van der Waals surface area contributed by atoms with Crippen LogP contribution in [0.2, 0.25) is 0 Å². The van der Waals surface area contributed by atoms with Gasteiger partial charge in [-0.25, -0.2) is 0 Å². The average molecular weight is 368 g/mol. The Labute approximate surface area is 162 Å². The number of rotatable bonds is 0. The first kappa shape index (κ1) is 51.2. The fourth-order valence-corrected chi connectivity index (χ4v) is 0. The monoisotopic (exact) mass is 368 g/mol. The quantitative estimate of drug-likeness (QED) is 0.573. The zero-order valence-electron chi connectivity index (χ0n) is 10.8. The molecule has 0 radical (unpaired) electrons. The molecule has 96 valence electrons. The molecule has 0 amide bonds. The van der Waals surface area contributed by atoms with E-state index in [9.17, 15) is 0 Å². The molecule has 0 aliphatic rings. The first-order valence-electron chi connectivity index (χ1n) is 4.24. The van der Waals surface area contributed by atoms with Crippen molar-refractivity contribution in [2.45, 2.75) is 27.7 Å². The van der Waals surface area contributed by atoms with Crippen molar-refractivity contribution < 1.29 is 86.9 Å². The van der Waals surface area contributed by atoms with E-state index in [4.69, 9.17) is 22.9 Å². The van der Waals surface area contributed by atoms with Gasteiger partial charge < -0.3 is 22.9 Å². The smallest absolute Gasteiger partial charge is 0 e. The Morgan fingerprint density at radius 2 is 0.438 bits per heavy atom. The summed E-state index contributed by atoms with van der Waals surface area (Å²) in [7, 11) is 0. The zero-order chi connectivity index (χ0) is 10.8. The molecule has 0 unspecified atom stereocenters. The van der Waals surface area contributed by atoms with Crippen molar-refractivity contribution in [2.24, 2.45) is 0 Å². The molecule has 16 heavy (non-hydrogen) atoms. The predicted octanol–water partition coefficient (Wildman–Crippen LogP) is 4.22. The summed E-state index contributed by atoms with van der Waals surface area (Å²) in [5.74, 6) is 0. The van der Waals surface area contributed by atoms with Crippen molar-refractivity contribution in [3.05, 3.63) is 22.9 Å². The van der Waals surface area contributed by atoms with Gasteiger partial charge in [0.05, 0.1) is 0 Å². The first-order valence-corrected chi connectivity index (χ1v) is 4.24. The van der Waals surface area contributed by atoms with Crippen LogP contribution in [0, 0.1) is 0 Å². The van der Waals surface area contributed by atoms with Crippen LogP contribution in [0.3, 0.4) is 0 Å². The number of hydrogen-bond acceptors (Lipinski definition) is 0. The Hall–Kier alpha value is 2.70. The number of hydrogen-bond donors (Lipinski definition) is 0. The summed E-state index contributed by atoms with van der Waals surface area (Å²) in [4.78, 5) is 0. The Morgan fingerprint density at radius 3 is 0.438 bits per heavy atom. The topological polar surface area (TPSA) is 95.2 Å². The van der Waals surface area contributed by atoms with E-state index < -0.39 is 0 Å². The first-order chi connectivity index (χ1) is 5.66. The van der Waals surface area contributed by atoms with Crippen molar-refractivity contribution in [1.82, 2.24) is 0 Å². The molecule has 8 heteroatoms. The third kappa shape index (κ3) is 566. The maximum Gasteiger partial charge on any atom is 0 e. The summed E-state index contributed by atoms with van der Waals surface area (Å²) >= 11 is 0. The minimum atomic E-state index is 0. The van der Waals surface area contributed by atoms with Gasteiger partial charge in [-0.2, -0.15) is 26.2 Å². The molecule has 0 fully saturated rings. The van der Waals surface area contributed by atoms with Gasteiger partial charge in [0, 0.05) is 86.9 Å². The summed E-state index contributed by atoms with van der Waals surface area (Å²) in [6.07, 6.45) is 0. The van der Waals surface area contributed by atoms with Crippen LogP contribution in [0.5, 0.6) is 0 Å². The van der Waals surface area contributed by atoms with Crippen LogP contribution >= 0.6 is 0 Å². The van der Waals surface area contributed by atoms with Crippen LogP contribution in [0.25, 0.3) is 22.9 Å². The summed E-state index contributed by atoms with van der Waals surface area (Å²) < 4.78 is 0. The van der Waals surface area contributed by atoms with Crippen molar-refractivity contribution in [2.75, 3.05) is 26.2 Å². The van der Waals surface area contributed by atoms with Gasteiger partial charge in [-0.05, 0) is 0 Å². The van der Waals surface area contributed by atoms with Crippen molar-refractivity contribution in [3.63, 3.8) is 0 Å². The molecule has 0 bridgehead atoms. The van der Waals surface area contributed by atoms with E-state index in [0.29, 0.717) is 26.2 Å².